The van der Waals surface area contributed by atoms with Gasteiger partial charge in [-0.25, -0.2) is 4.98 Å². The maximum Gasteiger partial charge on any atom is 0.573 e. The Morgan fingerprint density at radius 2 is 2.00 bits per heavy atom. The summed E-state index contributed by atoms with van der Waals surface area (Å²) in [6.07, 6.45) is -2.44. The smallest absolute Gasteiger partial charge is 0.404 e. The summed E-state index contributed by atoms with van der Waals surface area (Å²) in [5.74, 6) is 1.02. The quantitative estimate of drug-likeness (QED) is 0.845. The van der Waals surface area contributed by atoms with Gasteiger partial charge in [0, 0.05) is 39.3 Å². The predicted octanol–water partition coefficient (Wildman–Crippen LogP) is 2.14. The van der Waals surface area contributed by atoms with Crippen molar-refractivity contribution >= 4 is 5.82 Å². The lowest BCUT2D eigenvalue weighted by molar-refractivity contribution is -0.274. The molecule has 1 unspecified atom stereocenters. The molecule has 23 heavy (non-hydrogen) atoms. The Hall–Kier alpha value is -1.54. The minimum atomic E-state index is -4.68. The predicted molar refractivity (Wildman–Crippen MR) is 78.5 cm³/mol. The highest BCUT2D eigenvalue weighted by Gasteiger charge is 2.31. The average molecular weight is 331 g/mol. The first-order valence-electron chi connectivity index (χ1n) is 7.76. The van der Waals surface area contributed by atoms with Gasteiger partial charge in [0.05, 0.1) is 12.8 Å². The molecule has 0 aromatic carbocycles. The molecule has 128 valence electrons. The van der Waals surface area contributed by atoms with Gasteiger partial charge in [-0.1, -0.05) is 0 Å². The van der Waals surface area contributed by atoms with Crippen molar-refractivity contribution in [2.45, 2.75) is 12.8 Å². The van der Waals surface area contributed by atoms with E-state index in [1.807, 2.05) is 0 Å². The first-order chi connectivity index (χ1) is 11.0. The molecule has 2 saturated heterocycles. The fourth-order valence-electron chi connectivity index (χ4n) is 3.01. The van der Waals surface area contributed by atoms with Crippen LogP contribution in [0.4, 0.5) is 19.0 Å². The van der Waals surface area contributed by atoms with Gasteiger partial charge in [0.1, 0.15) is 11.6 Å². The van der Waals surface area contributed by atoms with Crippen LogP contribution in [0.15, 0.2) is 18.3 Å². The van der Waals surface area contributed by atoms with Gasteiger partial charge in [-0.3, -0.25) is 4.90 Å². The lowest BCUT2D eigenvalue weighted by atomic mass is 10.1. The molecule has 0 saturated carbocycles. The molecular formula is C15H20F3N3O2. The van der Waals surface area contributed by atoms with Crippen molar-refractivity contribution in [2.75, 3.05) is 50.8 Å². The Labute approximate surface area is 133 Å². The zero-order valence-electron chi connectivity index (χ0n) is 12.8. The largest absolute Gasteiger partial charge is 0.573 e. The summed E-state index contributed by atoms with van der Waals surface area (Å²) in [6, 6.07) is 2.87. The lowest BCUT2D eigenvalue weighted by Crippen LogP contribution is -2.48. The standard InChI is InChI=1S/C15H20F3N3O2/c16-15(17,18)23-13-1-2-14(19-9-13)21-6-4-20(5-7-21)10-12-3-8-22-11-12/h1-2,9,12H,3-8,10-11H2. The number of ether oxygens (including phenoxy) is 2. The Kier molecular flexibility index (Phi) is 4.91. The number of anilines is 1. The van der Waals surface area contributed by atoms with Crippen molar-refractivity contribution in [2.24, 2.45) is 5.92 Å². The highest BCUT2D eigenvalue weighted by atomic mass is 19.4. The monoisotopic (exact) mass is 331 g/mol. The summed E-state index contributed by atoms with van der Waals surface area (Å²) < 4.78 is 45.6. The van der Waals surface area contributed by atoms with Crippen LogP contribution in [0, 0.1) is 5.92 Å². The van der Waals surface area contributed by atoms with Gasteiger partial charge in [0.2, 0.25) is 0 Å². The fraction of sp³-hybridized carbons (Fsp3) is 0.667. The molecule has 5 nitrogen and oxygen atoms in total. The van der Waals surface area contributed by atoms with Gasteiger partial charge in [-0.05, 0) is 24.5 Å². The summed E-state index contributed by atoms with van der Waals surface area (Å²) in [4.78, 5) is 8.57. The van der Waals surface area contributed by atoms with E-state index in [4.69, 9.17) is 4.74 Å². The summed E-state index contributed by atoms with van der Waals surface area (Å²) in [6.45, 7) is 6.26. The Bertz CT molecular complexity index is 496. The highest BCUT2D eigenvalue weighted by molar-refractivity contribution is 5.41. The molecule has 2 aliphatic rings. The number of hydrogen-bond acceptors (Lipinski definition) is 5. The molecule has 0 radical (unpaired) electrons. The topological polar surface area (TPSA) is 37.8 Å². The minimum Gasteiger partial charge on any atom is -0.404 e. The summed E-state index contributed by atoms with van der Waals surface area (Å²) >= 11 is 0. The van der Waals surface area contributed by atoms with Gasteiger partial charge >= 0.3 is 6.36 Å². The van der Waals surface area contributed by atoms with E-state index in [1.54, 1.807) is 6.07 Å². The second-order valence-corrected chi connectivity index (χ2v) is 5.92. The molecular weight excluding hydrogens is 311 g/mol. The van der Waals surface area contributed by atoms with Crippen molar-refractivity contribution in [3.63, 3.8) is 0 Å². The van der Waals surface area contributed by atoms with Gasteiger partial charge in [-0.2, -0.15) is 0 Å². The third-order valence-electron chi connectivity index (χ3n) is 4.19. The van der Waals surface area contributed by atoms with Crippen LogP contribution in [0.3, 0.4) is 0 Å². The SMILES string of the molecule is FC(F)(F)Oc1ccc(N2CCN(CC3CCOC3)CC2)nc1. The minimum absolute atomic E-state index is 0.291. The third-order valence-corrected chi connectivity index (χ3v) is 4.19. The Morgan fingerprint density at radius 1 is 1.22 bits per heavy atom. The summed E-state index contributed by atoms with van der Waals surface area (Å²) in [5.41, 5.74) is 0. The number of hydrogen-bond donors (Lipinski definition) is 0. The lowest BCUT2D eigenvalue weighted by Gasteiger charge is -2.36. The van der Waals surface area contributed by atoms with Crippen molar-refractivity contribution in [3.8, 4) is 5.75 Å². The molecule has 2 aliphatic heterocycles. The van der Waals surface area contributed by atoms with Crippen molar-refractivity contribution in [3.05, 3.63) is 18.3 Å². The third kappa shape index (κ3) is 4.71. The zero-order chi connectivity index (χ0) is 16.3. The maximum absolute atomic E-state index is 12.1. The number of aromatic nitrogens is 1. The molecule has 0 N–H and O–H groups in total. The molecule has 3 heterocycles. The van der Waals surface area contributed by atoms with E-state index in [2.05, 4.69) is 19.5 Å². The van der Waals surface area contributed by atoms with Crippen molar-refractivity contribution < 1.29 is 22.6 Å². The normalized spacial score (nSPS) is 23.3. The van der Waals surface area contributed by atoms with Crippen LogP contribution in [0.2, 0.25) is 0 Å². The number of pyridine rings is 1. The molecule has 0 spiro atoms. The van der Waals surface area contributed by atoms with Crippen LogP contribution in [0.5, 0.6) is 5.75 Å². The van der Waals surface area contributed by atoms with Crippen LogP contribution in [-0.2, 0) is 4.74 Å². The average Bonchev–Trinajstić information content (AvgIpc) is 3.00. The molecule has 0 aliphatic carbocycles. The Morgan fingerprint density at radius 3 is 2.57 bits per heavy atom. The molecule has 1 aromatic rings. The number of piperazine rings is 1. The summed E-state index contributed by atoms with van der Waals surface area (Å²) in [5, 5.41) is 0. The molecule has 2 fully saturated rings. The van der Waals surface area contributed by atoms with Crippen molar-refractivity contribution in [1.29, 1.82) is 0 Å². The number of rotatable bonds is 4. The van der Waals surface area contributed by atoms with Crippen LogP contribution in [0.1, 0.15) is 6.42 Å². The molecule has 1 aromatic heterocycles. The molecule has 0 bridgehead atoms. The first kappa shape index (κ1) is 16.3. The van der Waals surface area contributed by atoms with E-state index >= 15 is 0 Å². The fourth-order valence-corrected chi connectivity index (χ4v) is 3.01. The molecule has 3 rings (SSSR count). The maximum atomic E-state index is 12.1. The van der Waals surface area contributed by atoms with Gasteiger partial charge in [0.25, 0.3) is 0 Å². The van der Waals surface area contributed by atoms with Crippen LogP contribution in [-0.4, -0.2) is 62.2 Å². The number of nitrogens with zero attached hydrogens (tertiary/aromatic N) is 3. The van der Waals surface area contributed by atoms with E-state index in [0.29, 0.717) is 11.7 Å². The zero-order valence-corrected chi connectivity index (χ0v) is 12.8. The van der Waals surface area contributed by atoms with Crippen LogP contribution < -0.4 is 9.64 Å². The second kappa shape index (κ2) is 6.92. The first-order valence-corrected chi connectivity index (χ1v) is 7.76. The van der Waals surface area contributed by atoms with E-state index in [9.17, 15) is 13.2 Å². The molecule has 8 heteroatoms. The van der Waals surface area contributed by atoms with Crippen LogP contribution in [0.25, 0.3) is 0 Å². The van der Waals surface area contributed by atoms with Gasteiger partial charge in [0.15, 0.2) is 0 Å². The van der Waals surface area contributed by atoms with Crippen LogP contribution >= 0.6 is 0 Å². The van der Waals surface area contributed by atoms with E-state index in [-0.39, 0.29) is 5.75 Å². The second-order valence-electron chi connectivity index (χ2n) is 5.92. The van der Waals surface area contributed by atoms with E-state index < -0.39 is 6.36 Å². The van der Waals surface area contributed by atoms with E-state index in [1.165, 1.54) is 6.07 Å². The molecule has 0 amide bonds. The molecule has 1 atom stereocenters. The summed E-state index contributed by atoms with van der Waals surface area (Å²) in [7, 11) is 0. The van der Waals surface area contributed by atoms with Gasteiger partial charge < -0.3 is 14.4 Å². The highest BCUT2D eigenvalue weighted by Crippen LogP contribution is 2.24. The number of halogens is 3. The Balaban J connectivity index is 1.49. The van der Waals surface area contributed by atoms with E-state index in [0.717, 1.165) is 58.6 Å². The van der Waals surface area contributed by atoms with Gasteiger partial charge in [-0.15, -0.1) is 13.2 Å². The van der Waals surface area contributed by atoms with Crippen molar-refractivity contribution in [1.82, 2.24) is 9.88 Å². The number of alkyl halides is 3.